The van der Waals surface area contributed by atoms with Gasteiger partial charge >= 0.3 is 118 Å². The Labute approximate surface area is 118 Å². The molecule has 3 heteroatoms. The van der Waals surface area contributed by atoms with E-state index in [0.717, 1.165) is 20.7 Å². The van der Waals surface area contributed by atoms with Crippen molar-refractivity contribution in [2.24, 2.45) is 0 Å². The molecule has 0 aliphatic carbocycles. The van der Waals surface area contributed by atoms with Crippen LogP contribution in [0, 0.1) is 0 Å². The maximum atomic E-state index is 5.80. The molecule has 3 rings (SSSR count). The van der Waals surface area contributed by atoms with E-state index in [-0.39, 0.29) is 14.5 Å². The summed E-state index contributed by atoms with van der Waals surface area (Å²) in [5, 5.41) is 0. The molecule has 0 saturated heterocycles. The molecule has 0 atom stereocenters. The molecule has 0 aliphatic heterocycles. The molecule has 1 aromatic heterocycles. The Morgan fingerprint density at radius 2 is 0.947 bits per heavy atom. The monoisotopic (exact) mass is 316 g/mol. The van der Waals surface area contributed by atoms with Crippen molar-refractivity contribution >= 4 is 14.5 Å². The average Bonchev–Trinajstić information content (AvgIpc) is 2.88. The maximum absolute atomic E-state index is 5.80. The number of hydrogen-bond acceptors (Lipinski definition) is 2. The molecule has 0 radical (unpaired) electrons. The van der Waals surface area contributed by atoms with Gasteiger partial charge in [0.05, 0.1) is 0 Å². The zero-order valence-corrected chi connectivity index (χ0v) is 11.9. The van der Waals surface area contributed by atoms with Gasteiger partial charge in [-0.15, -0.1) is 0 Å². The predicted molar refractivity (Wildman–Crippen MR) is 76.4 cm³/mol. The van der Waals surface area contributed by atoms with Crippen molar-refractivity contribution < 1.29 is 9.47 Å². The van der Waals surface area contributed by atoms with E-state index in [1.807, 2.05) is 72.8 Å². The number of benzene rings is 2. The van der Waals surface area contributed by atoms with Gasteiger partial charge in [0, 0.05) is 0 Å². The van der Waals surface area contributed by atoms with Crippen LogP contribution in [0.5, 0.6) is 20.7 Å². The van der Waals surface area contributed by atoms with E-state index in [2.05, 4.69) is 0 Å². The average molecular weight is 315 g/mol. The van der Waals surface area contributed by atoms with Gasteiger partial charge in [-0.2, -0.15) is 0 Å². The Bertz CT molecular complexity index is 576. The van der Waals surface area contributed by atoms with Crippen molar-refractivity contribution in [2.45, 2.75) is 0 Å². The van der Waals surface area contributed by atoms with E-state index in [9.17, 15) is 0 Å². The van der Waals surface area contributed by atoms with Crippen LogP contribution in [0.15, 0.2) is 72.8 Å². The van der Waals surface area contributed by atoms with Gasteiger partial charge in [-0.25, -0.2) is 0 Å². The summed E-state index contributed by atoms with van der Waals surface area (Å²) in [6.45, 7) is 0. The molecule has 0 spiro atoms. The standard InChI is InChI=1S/C16H12O2Se/c1-3-7-13(8-4-1)17-15-11-12-16(19-15)18-14-9-5-2-6-10-14/h1-12H. The second kappa shape index (κ2) is 5.79. The molecule has 0 unspecified atom stereocenters. The summed E-state index contributed by atoms with van der Waals surface area (Å²) >= 11 is 0.0890. The van der Waals surface area contributed by atoms with Gasteiger partial charge in [0.1, 0.15) is 0 Å². The van der Waals surface area contributed by atoms with Gasteiger partial charge in [-0.3, -0.25) is 0 Å². The summed E-state index contributed by atoms with van der Waals surface area (Å²) in [6.07, 6.45) is 0. The Morgan fingerprint density at radius 1 is 0.526 bits per heavy atom. The van der Waals surface area contributed by atoms with Crippen LogP contribution in [0.4, 0.5) is 0 Å². The molecule has 0 amide bonds. The minimum absolute atomic E-state index is 0.0890. The van der Waals surface area contributed by atoms with E-state index in [1.165, 1.54) is 0 Å². The molecule has 1 heterocycles. The van der Waals surface area contributed by atoms with E-state index < -0.39 is 0 Å². The van der Waals surface area contributed by atoms with E-state index in [0.29, 0.717) is 0 Å². The van der Waals surface area contributed by atoms with Crippen molar-refractivity contribution in [3.05, 3.63) is 72.8 Å². The first-order chi connectivity index (χ1) is 9.40. The van der Waals surface area contributed by atoms with Crippen LogP contribution >= 0.6 is 0 Å². The second-order valence-electron chi connectivity index (χ2n) is 3.90. The molecule has 0 fully saturated rings. The van der Waals surface area contributed by atoms with E-state index in [1.54, 1.807) is 0 Å². The van der Waals surface area contributed by atoms with Crippen molar-refractivity contribution in [1.29, 1.82) is 0 Å². The Kier molecular flexibility index (Phi) is 3.68. The molecular formula is C16H12O2Se. The molecule has 3 aromatic rings. The molecule has 0 saturated carbocycles. The van der Waals surface area contributed by atoms with E-state index in [4.69, 9.17) is 9.47 Å². The number of para-hydroxylation sites is 2. The van der Waals surface area contributed by atoms with Crippen LogP contribution in [0.25, 0.3) is 0 Å². The number of hydrogen-bond donors (Lipinski definition) is 0. The van der Waals surface area contributed by atoms with E-state index >= 15 is 0 Å². The first-order valence-corrected chi connectivity index (χ1v) is 7.67. The van der Waals surface area contributed by atoms with Crippen molar-refractivity contribution in [2.75, 3.05) is 0 Å². The third-order valence-corrected chi connectivity index (χ3v) is 4.24. The van der Waals surface area contributed by atoms with Crippen molar-refractivity contribution in [3.8, 4) is 20.7 Å². The van der Waals surface area contributed by atoms with Crippen LogP contribution < -0.4 is 9.47 Å². The van der Waals surface area contributed by atoms with Gasteiger partial charge in [-0.1, -0.05) is 0 Å². The third-order valence-electron chi connectivity index (χ3n) is 2.48. The Hall–Kier alpha value is -1.96. The fraction of sp³-hybridized carbons (Fsp3) is 0. The fourth-order valence-electron chi connectivity index (χ4n) is 1.62. The molecule has 0 bridgehead atoms. The van der Waals surface area contributed by atoms with Crippen molar-refractivity contribution in [1.82, 2.24) is 0 Å². The number of ether oxygens (including phenoxy) is 2. The summed E-state index contributed by atoms with van der Waals surface area (Å²) in [7, 11) is 0. The molecule has 0 N–H and O–H groups in total. The predicted octanol–water partition coefficient (Wildman–Crippen LogP) is 4.33. The minimum atomic E-state index is 0.0890. The summed E-state index contributed by atoms with van der Waals surface area (Å²) < 4.78 is 13.5. The second-order valence-corrected chi connectivity index (χ2v) is 6.02. The third kappa shape index (κ3) is 3.28. The zero-order valence-electron chi connectivity index (χ0n) is 10.2. The summed E-state index contributed by atoms with van der Waals surface area (Å²) in [5.74, 6) is 1.73. The van der Waals surface area contributed by atoms with Crippen LogP contribution in [0.1, 0.15) is 0 Å². The zero-order chi connectivity index (χ0) is 12.9. The van der Waals surface area contributed by atoms with Crippen LogP contribution in [-0.2, 0) is 0 Å². The molecular weight excluding hydrogens is 303 g/mol. The summed E-state index contributed by atoms with van der Waals surface area (Å²) in [4.78, 5) is 0. The van der Waals surface area contributed by atoms with Gasteiger partial charge in [-0.05, 0) is 0 Å². The Balaban J connectivity index is 1.70. The number of rotatable bonds is 4. The quantitative estimate of drug-likeness (QED) is 0.667. The molecule has 2 nitrogen and oxygen atoms in total. The van der Waals surface area contributed by atoms with Crippen molar-refractivity contribution in [3.63, 3.8) is 0 Å². The first kappa shape index (κ1) is 12.1. The van der Waals surface area contributed by atoms with Gasteiger partial charge in [0.2, 0.25) is 0 Å². The van der Waals surface area contributed by atoms with Gasteiger partial charge < -0.3 is 0 Å². The molecule has 19 heavy (non-hydrogen) atoms. The summed E-state index contributed by atoms with van der Waals surface area (Å²) in [6, 6.07) is 23.6. The van der Waals surface area contributed by atoms with Gasteiger partial charge in [0.15, 0.2) is 0 Å². The fourth-order valence-corrected chi connectivity index (χ4v) is 3.19. The van der Waals surface area contributed by atoms with Crippen LogP contribution in [0.3, 0.4) is 0 Å². The summed E-state index contributed by atoms with van der Waals surface area (Å²) in [5.41, 5.74) is 0. The van der Waals surface area contributed by atoms with Crippen LogP contribution in [-0.4, -0.2) is 14.5 Å². The first-order valence-electron chi connectivity index (χ1n) is 5.96. The molecule has 94 valence electrons. The molecule has 2 aromatic carbocycles. The molecule has 0 aliphatic rings. The van der Waals surface area contributed by atoms with Crippen LogP contribution in [0.2, 0.25) is 0 Å². The normalized spacial score (nSPS) is 10.1. The Morgan fingerprint density at radius 3 is 1.37 bits per heavy atom. The SMILES string of the molecule is c1ccc(Oc2ccc(Oc3ccccc3)[se]2)cc1. The van der Waals surface area contributed by atoms with Gasteiger partial charge in [0.25, 0.3) is 0 Å². The topological polar surface area (TPSA) is 18.5 Å².